The van der Waals surface area contributed by atoms with E-state index < -0.39 is 9.85 Å². The Hall–Kier alpha value is -3.82. The lowest BCUT2D eigenvalue weighted by Crippen LogP contribution is -2.48. The lowest BCUT2D eigenvalue weighted by atomic mass is 10.2. The zero-order valence-corrected chi connectivity index (χ0v) is 15.7. The Morgan fingerprint density at radius 2 is 1.66 bits per heavy atom. The minimum atomic E-state index is -0.475. The molecule has 1 amide bonds. The predicted octanol–water partition coefficient (Wildman–Crippen LogP) is 2.57. The van der Waals surface area contributed by atoms with Gasteiger partial charge in [0.15, 0.2) is 0 Å². The average Bonchev–Trinajstić information content (AvgIpc) is 2.72. The van der Waals surface area contributed by atoms with Gasteiger partial charge in [-0.2, -0.15) is 0 Å². The van der Waals surface area contributed by atoms with Crippen molar-refractivity contribution >= 4 is 29.2 Å². The van der Waals surface area contributed by atoms with Crippen molar-refractivity contribution in [3.8, 4) is 0 Å². The van der Waals surface area contributed by atoms with Crippen molar-refractivity contribution in [2.75, 3.05) is 31.1 Å². The SMILES string of the molecule is Cc1cc([N+](=O)[O-])cnc1N1CCN(C(=O)/C=C/c2ccc([N+](=O)[O-])cc2)CC1. The van der Waals surface area contributed by atoms with Crippen LogP contribution in [0.15, 0.2) is 42.6 Å². The fraction of sp³-hybridized carbons (Fsp3) is 0.263. The molecule has 0 N–H and O–H groups in total. The van der Waals surface area contributed by atoms with Crippen molar-refractivity contribution in [3.05, 3.63) is 74.0 Å². The van der Waals surface area contributed by atoms with Gasteiger partial charge in [0.2, 0.25) is 5.91 Å². The number of benzene rings is 1. The molecule has 1 aliphatic heterocycles. The molecule has 1 aliphatic rings. The van der Waals surface area contributed by atoms with E-state index >= 15 is 0 Å². The molecular formula is C19H19N5O5. The highest BCUT2D eigenvalue weighted by atomic mass is 16.6. The molecule has 2 heterocycles. The lowest BCUT2D eigenvalue weighted by Gasteiger charge is -2.35. The van der Waals surface area contributed by atoms with E-state index in [1.165, 1.54) is 30.5 Å². The van der Waals surface area contributed by atoms with Crippen molar-refractivity contribution in [1.29, 1.82) is 0 Å². The fourth-order valence-corrected chi connectivity index (χ4v) is 3.10. The molecule has 0 spiro atoms. The van der Waals surface area contributed by atoms with Gasteiger partial charge in [-0.1, -0.05) is 0 Å². The van der Waals surface area contributed by atoms with Gasteiger partial charge in [-0.3, -0.25) is 25.0 Å². The summed E-state index contributed by atoms with van der Waals surface area (Å²) in [6, 6.07) is 7.45. The van der Waals surface area contributed by atoms with E-state index in [0.29, 0.717) is 37.6 Å². The summed E-state index contributed by atoms with van der Waals surface area (Å²) in [5.41, 5.74) is 1.38. The van der Waals surface area contributed by atoms with Crippen LogP contribution in [0.2, 0.25) is 0 Å². The molecule has 1 saturated heterocycles. The number of rotatable bonds is 5. The normalized spacial score (nSPS) is 14.2. The Bertz CT molecular complexity index is 965. The molecule has 2 aromatic rings. The third-order valence-corrected chi connectivity index (χ3v) is 4.66. The Kier molecular flexibility index (Phi) is 5.82. The number of piperazine rings is 1. The topological polar surface area (TPSA) is 123 Å². The predicted molar refractivity (Wildman–Crippen MR) is 107 cm³/mol. The largest absolute Gasteiger partial charge is 0.353 e. The molecule has 1 aromatic carbocycles. The number of hydrogen-bond donors (Lipinski definition) is 0. The zero-order valence-electron chi connectivity index (χ0n) is 15.7. The van der Waals surface area contributed by atoms with E-state index in [4.69, 9.17) is 0 Å². The summed E-state index contributed by atoms with van der Waals surface area (Å²) in [5, 5.41) is 21.5. The molecule has 1 aromatic heterocycles. The third-order valence-electron chi connectivity index (χ3n) is 4.66. The van der Waals surface area contributed by atoms with E-state index in [0.717, 1.165) is 5.56 Å². The Morgan fingerprint density at radius 1 is 1.03 bits per heavy atom. The number of nitrogens with zero attached hydrogens (tertiary/aromatic N) is 5. The van der Waals surface area contributed by atoms with Crippen LogP contribution >= 0.6 is 0 Å². The quantitative estimate of drug-likeness (QED) is 0.431. The highest BCUT2D eigenvalue weighted by molar-refractivity contribution is 5.92. The number of amides is 1. The molecule has 29 heavy (non-hydrogen) atoms. The number of nitro groups is 2. The van der Waals surface area contributed by atoms with Crippen LogP contribution in [-0.4, -0.2) is 51.8 Å². The highest BCUT2D eigenvalue weighted by Crippen LogP contribution is 2.22. The number of non-ortho nitro benzene ring substituents is 1. The smallest absolute Gasteiger partial charge is 0.287 e. The molecule has 1 fully saturated rings. The van der Waals surface area contributed by atoms with Crippen LogP contribution in [0, 0.1) is 27.2 Å². The molecular weight excluding hydrogens is 378 g/mol. The molecule has 0 saturated carbocycles. The first-order valence-corrected chi connectivity index (χ1v) is 8.92. The molecule has 150 valence electrons. The standard InChI is InChI=1S/C19H19N5O5/c1-14-12-17(24(28)29)13-20-19(14)22-10-8-21(9-11-22)18(25)7-4-15-2-5-16(6-3-15)23(26)27/h2-7,12-13H,8-11H2,1H3/b7-4+. The number of aryl methyl sites for hydroxylation is 1. The first-order chi connectivity index (χ1) is 13.8. The number of pyridine rings is 1. The van der Waals surface area contributed by atoms with Gasteiger partial charge in [0, 0.05) is 50.5 Å². The minimum Gasteiger partial charge on any atom is -0.353 e. The summed E-state index contributed by atoms with van der Waals surface area (Å²) < 4.78 is 0. The summed E-state index contributed by atoms with van der Waals surface area (Å²) in [6.45, 7) is 3.93. The van der Waals surface area contributed by atoms with Gasteiger partial charge in [-0.05, 0) is 36.3 Å². The summed E-state index contributed by atoms with van der Waals surface area (Å²) in [5.74, 6) is 0.542. The van der Waals surface area contributed by atoms with Crippen LogP contribution in [0.5, 0.6) is 0 Å². The van der Waals surface area contributed by atoms with Crippen LogP contribution < -0.4 is 4.90 Å². The van der Waals surface area contributed by atoms with E-state index in [1.807, 2.05) is 4.90 Å². The summed E-state index contributed by atoms with van der Waals surface area (Å²) in [6.07, 6.45) is 4.32. The number of hydrogen-bond acceptors (Lipinski definition) is 7. The van der Waals surface area contributed by atoms with Crippen molar-refractivity contribution in [1.82, 2.24) is 9.88 Å². The maximum atomic E-state index is 12.4. The van der Waals surface area contributed by atoms with Gasteiger partial charge in [-0.25, -0.2) is 4.98 Å². The van der Waals surface area contributed by atoms with Crippen molar-refractivity contribution in [2.45, 2.75) is 6.92 Å². The van der Waals surface area contributed by atoms with Crippen LogP contribution in [0.4, 0.5) is 17.2 Å². The molecule has 0 unspecified atom stereocenters. The maximum absolute atomic E-state index is 12.4. The molecule has 0 radical (unpaired) electrons. The summed E-state index contributed by atoms with van der Waals surface area (Å²) in [4.78, 5) is 40.9. The molecule has 10 heteroatoms. The van der Waals surface area contributed by atoms with Gasteiger partial charge in [0.25, 0.3) is 11.4 Å². The van der Waals surface area contributed by atoms with Gasteiger partial charge < -0.3 is 9.80 Å². The first kappa shape index (κ1) is 19.9. The van der Waals surface area contributed by atoms with Crippen molar-refractivity contribution in [3.63, 3.8) is 0 Å². The second-order valence-corrected chi connectivity index (χ2v) is 6.59. The Balaban J connectivity index is 1.58. The average molecular weight is 397 g/mol. The minimum absolute atomic E-state index is 0.000236. The van der Waals surface area contributed by atoms with Gasteiger partial charge in [0.1, 0.15) is 12.0 Å². The van der Waals surface area contributed by atoms with Gasteiger partial charge in [0.05, 0.1) is 9.85 Å². The number of carbonyl (C=O) groups excluding carboxylic acids is 1. The van der Waals surface area contributed by atoms with Gasteiger partial charge >= 0.3 is 0 Å². The Morgan fingerprint density at radius 3 is 2.21 bits per heavy atom. The van der Waals surface area contributed by atoms with Gasteiger partial charge in [-0.15, -0.1) is 0 Å². The highest BCUT2D eigenvalue weighted by Gasteiger charge is 2.22. The number of nitro benzene ring substituents is 1. The summed E-state index contributed by atoms with van der Waals surface area (Å²) >= 11 is 0. The van der Waals surface area contributed by atoms with Crippen molar-refractivity contribution in [2.24, 2.45) is 0 Å². The molecule has 0 bridgehead atoms. The third kappa shape index (κ3) is 4.72. The molecule has 0 atom stereocenters. The van der Waals surface area contributed by atoms with E-state index in [2.05, 4.69) is 4.98 Å². The first-order valence-electron chi connectivity index (χ1n) is 8.92. The molecule has 3 rings (SSSR count). The zero-order chi connectivity index (χ0) is 21.0. The van der Waals surface area contributed by atoms with E-state index in [9.17, 15) is 25.0 Å². The second-order valence-electron chi connectivity index (χ2n) is 6.59. The van der Waals surface area contributed by atoms with Crippen LogP contribution in [0.3, 0.4) is 0 Å². The Labute approximate surface area is 166 Å². The van der Waals surface area contributed by atoms with Crippen LogP contribution in [0.1, 0.15) is 11.1 Å². The monoisotopic (exact) mass is 397 g/mol. The lowest BCUT2D eigenvalue weighted by molar-refractivity contribution is -0.385. The van der Waals surface area contributed by atoms with Crippen LogP contribution in [-0.2, 0) is 4.79 Å². The number of aromatic nitrogens is 1. The fourth-order valence-electron chi connectivity index (χ4n) is 3.10. The van der Waals surface area contributed by atoms with Crippen LogP contribution in [0.25, 0.3) is 6.08 Å². The number of anilines is 1. The molecule has 0 aliphatic carbocycles. The molecule has 10 nitrogen and oxygen atoms in total. The second kappa shape index (κ2) is 8.46. The number of carbonyl (C=O) groups is 1. The summed E-state index contributed by atoms with van der Waals surface area (Å²) in [7, 11) is 0. The van der Waals surface area contributed by atoms with E-state index in [-0.39, 0.29) is 17.3 Å². The van der Waals surface area contributed by atoms with Crippen molar-refractivity contribution < 1.29 is 14.6 Å². The van der Waals surface area contributed by atoms with E-state index in [1.54, 1.807) is 30.0 Å². The maximum Gasteiger partial charge on any atom is 0.287 e.